The zero-order valence-electron chi connectivity index (χ0n) is 14.5. The Bertz CT molecular complexity index is 1130. The summed E-state index contributed by atoms with van der Waals surface area (Å²) in [6.07, 6.45) is 2.88. The molecule has 0 fully saturated rings. The van der Waals surface area contributed by atoms with Gasteiger partial charge in [0, 0.05) is 23.6 Å². The molecule has 0 bridgehead atoms. The van der Waals surface area contributed by atoms with Crippen LogP contribution in [-0.2, 0) is 6.42 Å². The van der Waals surface area contributed by atoms with Gasteiger partial charge in [-0.25, -0.2) is 0 Å². The number of pyridine rings is 1. The van der Waals surface area contributed by atoms with Crippen molar-refractivity contribution in [3.05, 3.63) is 71.4 Å². The van der Waals surface area contributed by atoms with Gasteiger partial charge < -0.3 is 4.74 Å². The molecule has 0 unspecified atom stereocenters. The molecule has 0 saturated carbocycles. The summed E-state index contributed by atoms with van der Waals surface area (Å²) in [5, 5.41) is 3.73. The summed E-state index contributed by atoms with van der Waals surface area (Å²) in [5.74, 6) is 0.961. The Balaban J connectivity index is 1.94. The Kier molecular flexibility index (Phi) is 3.08. The summed E-state index contributed by atoms with van der Waals surface area (Å²) < 4.78 is 5.89. The molecule has 2 nitrogen and oxygen atoms in total. The first-order chi connectivity index (χ1) is 12.2. The molecular formula is C23H19NO. The van der Waals surface area contributed by atoms with E-state index < -0.39 is 0 Å². The van der Waals surface area contributed by atoms with Crippen LogP contribution in [0, 0.1) is 13.8 Å². The molecule has 0 N–H and O–H groups in total. The van der Waals surface area contributed by atoms with E-state index in [1.165, 1.54) is 44.0 Å². The number of hydrogen-bond acceptors (Lipinski definition) is 2. The molecule has 0 radical (unpaired) electrons. The maximum atomic E-state index is 5.89. The molecule has 0 atom stereocenters. The predicted molar refractivity (Wildman–Crippen MR) is 103 cm³/mol. The lowest BCUT2D eigenvalue weighted by atomic mass is 9.88. The maximum absolute atomic E-state index is 5.89. The van der Waals surface area contributed by atoms with Crippen molar-refractivity contribution in [2.75, 3.05) is 6.61 Å². The van der Waals surface area contributed by atoms with Gasteiger partial charge >= 0.3 is 0 Å². The van der Waals surface area contributed by atoms with Crippen molar-refractivity contribution in [3.63, 3.8) is 0 Å². The molecule has 0 saturated heterocycles. The van der Waals surface area contributed by atoms with Crippen LogP contribution >= 0.6 is 0 Å². The lowest BCUT2D eigenvalue weighted by Gasteiger charge is -2.21. The summed E-state index contributed by atoms with van der Waals surface area (Å²) in [6, 6.07) is 17.3. The second-order valence-corrected chi connectivity index (χ2v) is 6.82. The maximum Gasteiger partial charge on any atom is 0.129 e. The van der Waals surface area contributed by atoms with E-state index in [9.17, 15) is 0 Å². The molecule has 25 heavy (non-hydrogen) atoms. The van der Waals surface area contributed by atoms with Gasteiger partial charge in [-0.3, -0.25) is 4.98 Å². The molecule has 4 aromatic rings. The predicted octanol–water partition coefficient (Wildman–Crippen LogP) is 5.61. The van der Waals surface area contributed by atoms with Gasteiger partial charge in [0.2, 0.25) is 0 Å². The molecule has 1 aromatic heterocycles. The van der Waals surface area contributed by atoms with Gasteiger partial charge in [0.15, 0.2) is 0 Å². The molecule has 5 rings (SSSR count). The van der Waals surface area contributed by atoms with Gasteiger partial charge in [0.25, 0.3) is 0 Å². The number of aryl methyl sites for hydroxylation is 1. The first-order valence-corrected chi connectivity index (χ1v) is 8.77. The van der Waals surface area contributed by atoms with Crippen molar-refractivity contribution in [3.8, 4) is 16.9 Å². The van der Waals surface area contributed by atoms with Crippen LogP contribution in [-0.4, -0.2) is 11.6 Å². The van der Waals surface area contributed by atoms with Crippen molar-refractivity contribution < 1.29 is 4.74 Å². The van der Waals surface area contributed by atoms with E-state index >= 15 is 0 Å². The highest BCUT2D eigenvalue weighted by atomic mass is 16.5. The van der Waals surface area contributed by atoms with Crippen LogP contribution in [0.15, 0.2) is 54.7 Å². The van der Waals surface area contributed by atoms with Crippen LogP contribution in [0.2, 0.25) is 0 Å². The SMILES string of the molecule is Cc1cc2ccccc2c(-c2ccc3c4c(ccnc24)CCO3)c1C. The molecule has 2 heteroatoms. The monoisotopic (exact) mass is 325 g/mol. The lowest BCUT2D eigenvalue weighted by molar-refractivity contribution is 0.318. The Morgan fingerprint density at radius 2 is 1.88 bits per heavy atom. The molecule has 0 spiro atoms. The van der Waals surface area contributed by atoms with Crippen LogP contribution in [0.3, 0.4) is 0 Å². The Morgan fingerprint density at radius 1 is 1.00 bits per heavy atom. The molecular weight excluding hydrogens is 306 g/mol. The summed E-state index contributed by atoms with van der Waals surface area (Å²) in [5.41, 5.74) is 7.50. The summed E-state index contributed by atoms with van der Waals surface area (Å²) in [6.45, 7) is 5.15. The molecule has 0 amide bonds. The fraction of sp³-hybridized carbons (Fsp3) is 0.174. The fourth-order valence-corrected chi connectivity index (χ4v) is 4.04. The van der Waals surface area contributed by atoms with E-state index in [0.29, 0.717) is 0 Å². The van der Waals surface area contributed by atoms with Crippen LogP contribution in [0.1, 0.15) is 16.7 Å². The van der Waals surface area contributed by atoms with Crippen molar-refractivity contribution in [2.24, 2.45) is 0 Å². The number of hydrogen-bond donors (Lipinski definition) is 0. The number of fused-ring (bicyclic) bond motifs is 1. The van der Waals surface area contributed by atoms with E-state index in [2.05, 4.69) is 62.4 Å². The summed E-state index contributed by atoms with van der Waals surface area (Å²) in [4.78, 5) is 4.76. The minimum Gasteiger partial charge on any atom is -0.493 e. The van der Waals surface area contributed by atoms with Gasteiger partial charge in [-0.15, -0.1) is 0 Å². The van der Waals surface area contributed by atoms with E-state index in [0.717, 1.165) is 24.3 Å². The third-order valence-corrected chi connectivity index (χ3v) is 5.41. The lowest BCUT2D eigenvalue weighted by Crippen LogP contribution is -2.09. The van der Waals surface area contributed by atoms with Gasteiger partial charge in [-0.2, -0.15) is 0 Å². The Hall–Kier alpha value is -2.87. The molecule has 0 aliphatic carbocycles. The van der Waals surface area contributed by atoms with Crippen molar-refractivity contribution in [2.45, 2.75) is 20.3 Å². The number of rotatable bonds is 1. The van der Waals surface area contributed by atoms with E-state index in [-0.39, 0.29) is 0 Å². The van der Waals surface area contributed by atoms with Crippen molar-refractivity contribution >= 4 is 21.7 Å². The molecule has 1 aliphatic rings. The smallest absolute Gasteiger partial charge is 0.129 e. The third-order valence-electron chi connectivity index (χ3n) is 5.41. The first kappa shape index (κ1) is 14.5. The Labute approximate surface area is 147 Å². The highest BCUT2D eigenvalue weighted by Crippen LogP contribution is 2.41. The summed E-state index contributed by atoms with van der Waals surface area (Å²) >= 11 is 0. The third kappa shape index (κ3) is 2.07. The zero-order valence-corrected chi connectivity index (χ0v) is 14.5. The minimum atomic E-state index is 0.748. The van der Waals surface area contributed by atoms with E-state index in [1.54, 1.807) is 0 Å². The van der Waals surface area contributed by atoms with Gasteiger partial charge in [-0.05, 0) is 65.1 Å². The minimum absolute atomic E-state index is 0.748. The number of nitrogens with zero attached hydrogens (tertiary/aromatic N) is 1. The average Bonchev–Trinajstić information content (AvgIpc) is 2.64. The van der Waals surface area contributed by atoms with Gasteiger partial charge in [0.1, 0.15) is 5.75 Å². The van der Waals surface area contributed by atoms with Crippen LogP contribution in [0.25, 0.3) is 32.8 Å². The average molecular weight is 325 g/mol. The van der Waals surface area contributed by atoms with E-state index in [4.69, 9.17) is 9.72 Å². The van der Waals surface area contributed by atoms with E-state index in [1.807, 2.05) is 6.20 Å². The molecule has 122 valence electrons. The van der Waals surface area contributed by atoms with Crippen molar-refractivity contribution in [1.82, 2.24) is 4.98 Å². The highest BCUT2D eigenvalue weighted by Gasteiger charge is 2.19. The number of benzene rings is 3. The van der Waals surface area contributed by atoms with Gasteiger partial charge in [-0.1, -0.05) is 30.3 Å². The zero-order chi connectivity index (χ0) is 17.0. The second kappa shape index (κ2) is 5.32. The molecule has 2 heterocycles. The van der Waals surface area contributed by atoms with Crippen molar-refractivity contribution in [1.29, 1.82) is 0 Å². The normalized spacial score (nSPS) is 13.2. The first-order valence-electron chi connectivity index (χ1n) is 8.77. The van der Waals surface area contributed by atoms with Crippen LogP contribution in [0.5, 0.6) is 5.75 Å². The summed E-state index contributed by atoms with van der Waals surface area (Å²) in [7, 11) is 0. The number of aromatic nitrogens is 1. The van der Waals surface area contributed by atoms with Crippen LogP contribution in [0.4, 0.5) is 0 Å². The molecule has 3 aromatic carbocycles. The number of ether oxygens (including phenoxy) is 1. The standard InChI is InChI=1S/C23H19NO/c1-14-13-17-5-3-4-6-18(17)21(15(14)2)19-7-8-20-22-16(10-12-25-20)9-11-24-23(19)22/h3-9,11,13H,10,12H2,1-2H3. The largest absolute Gasteiger partial charge is 0.493 e. The quantitative estimate of drug-likeness (QED) is 0.454. The fourth-order valence-electron chi connectivity index (χ4n) is 4.04. The second-order valence-electron chi connectivity index (χ2n) is 6.82. The topological polar surface area (TPSA) is 22.1 Å². The Morgan fingerprint density at radius 3 is 2.80 bits per heavy atom. The highest BCUT2D eigenvalue weighted by molar-refractivity contribution is 6.07. The molecule has 1 aliphatic heterocycles. The van der Waals surface area contributed by atoms with Crippen LogP contribution < -0.4 is 4.74 Å². The van der Waals surface area contributed by atoms with Gasteiger partial charge in [0.05, 0.1) is 12.1 Å².